The lowest BCUT2D eigenvalue weighted by molar-refractivity contribution is 0.959. The van der Waals surface area contributed by atoms with E-state index in [1.807, 2.05) is 32.3 Å². The molecule has 0 amide bonds. The highest BCUT2D eigenvalue weighted by atomic mass is 15.1. The van der Waals surface area contributed by atoms with Crippen LogP contribution < -0.4 is 10.6 Å². The second-order valence-electron chi connectivity index (χ2n) is 4.28. The van der Waals surface area contributed by atoms with Crippen LogP contribution >= 0.6 is 0 Å². The number of nitrogens with zero attached hydrogens (tertiary/aromatic N) is 3. The Morgan fingerprint density at radius 3 is 2.84 bits per heavy atom. The van der Waals surface area contributed by atoms with E-state index in [1.54, 1.807) is 0 Å². The normalized spacial score (nSPS) is 10.3. The van der Waals surface area contributed by atoms with Crippen LogP contribution in [0.4, 0.5) is 11.8 Å². The number of aryl methyl sites for hydroxylation is 2. The van der Waals surface area contributed by atoms with E-state index < -0.39 is 0 Å². The minimum absolute atomic E-state index is 0.624. The Balaban J connectivity index is 2.12. The SMILES string of the molecule is CCc1cccnc1CNc1cc(C)nc(NC)n1. The van der Waals surface area contributed by atoms with E-state index in [0.29, 0.717) is 12.5 Å². The zero-order valence-corrected chi connectivity index (χ0v) is 11.6. The zero-order chi connectivity index (χ0) is 13.7. The second-order valence-corrected chi connectivity index (χ2v) is 4.28. The van der Waals surface area contributed by atoms with E-state index in [0.717, 1.165) is 23.6 Å². The van der Waals surface area contributed by atoms with E-state index in [4.69, 9.17) is 0 Å². The van der Waals surface area contributed by atoms with Crippen molar-refractivity contribution in [3.63, 3.8) is 0 Å². The van der Waals surface area contributed by atoms with Gasteiger partial charge in [0.05, 0.1) is 12.2 Å². The molecule has 0 bridgehead atoms. The first-order valence-corrected chi connectivity index (χ1v) is 6.43. The van der Waals surface area contributed by atoms with Gasteiger partial charge < -0.3 is 10.6 Å². The fraction of sp³-hybridized carbons (Fsp3) is 0.357. The Morgan fingerprint density at radius 1 is 1.26 bits per heavy atom. The third kappa shape index (κ3) is 3.40. The van der Waals surface area contributed by atoms with Gasteiger partial charge in [0.25, 0.3) is 0 Å². The predicted octanol–water partition coefficient (Wildman–Crippen LogP) is 2.40. The van der Waals surface area contributed by atoms with E-state index in [1.165, 1.54) is 5.56 Å². The Hall–Kier alpha value is -2.17. The molecule has 0 unspecified atom stereocenters. The second kappa shape index (κ2) is 6.13. The first-order chi connectivity index (χ1) is 9.22. The Labute approximate surface area is 113 Å². The summed E-state index contributed by atoms with van der Waals surface area (Å²) in [6.45, 7) is 4.75. The van der Waals surface area contributed by atoms with Gasteiger partial charge in [-0.15, -0.1) is 0 Å². The standard InChI is InChI=1S/C14H19N5/c1-4-11-6-5-7-16-12(11)9-17-13-8-10(2)18-14(15-3)19-13/h5-8H,4,9H2,1-3H3,(H2,15,17,18,19). The molecule has 0 aliphatic carbocycles. The van der Waals surface area contributed by atoms with Gasteiger partial charge in [0.15, 0.2) is 0 Å². The average Bonchev–Trinajstić information content (AvgIpc) is 2.44. The van der Waals surface area contributed by atoms with Gasteiger partial charge in [0.1, 0.15) is 5.82 Å². The smallest absolute Gasteiger partial charge is 0.224 e. The van der Waals surface area contributed by atoms with Gasteiger partial charge in [-0.3, -0.25) is 4.98 Å². The van der Waals surface area contributed by atoms with Gasteiger partial charge in [-0.25, -0.2) is 4.98 Å². The van der Waals surface area contributed by atoms with Crippen molar-refractivity contribution in [1.82, 2.24) is 15.0 Å². The maximum atomic E-state index is 4.41. The molecule has 2 rings (SSSR count). The molecule has 0 fully saturated rings. The van der Waals surface area contributed by atoms with Crippen molar-refractivity contribution in [2.24, 2.45) is 0 Å². The molecule has 2 aromatic rings. The minimum atomic E-state index is 0.624. The maximum Gasteiger partial charge on any atom is 0.224 e. The molecule has 100 valence electrons. The van der Waals surface area contributed by atoms with Crippen LogP contribution in [0.1, 0.15) is 23.9 Å². The quantitative estimate of drug-likeness (QED) is 0.861. The van der Waals surface area contributed by atoms with Crippen LogP contribution in [-0.4, -0.2) is 22.0 Å². The molecule has 2 aromatic heterocycles. The zero-order valence-electron chi connectivity index (χ0n) is 11.6. The lowest BCUT2D eigenvalue weighted by Gasteiger charge is -2.10. The molecule has 2 heterocycles. The van der Waals surface area contributed by atoms with Crippen molar-refractivity contribution in [3.05, 3.63) is 41.3 Å². The van der Waals surface area contributed by atoms with Crippen molar-refractivity contribution in [3.8, 4) is 0 Å². The van der Waals surface area contributed by atoms with Gasteiger partial charge in [0, 0.05) is 25.0 Å². The molecule has 2 N–H and O–H groups in total. The molecule has 0 radical (unpaired) electrons. The van der Waals surface area contributed by atoms with Crippen LogP contribution in [0.5, 0.6) is 0 Å². The van der Waals surface area contributed by atoms with Crippen LogP contribution in [0.3, 0.4) is 0 Å². The van der Waals surface area contributed by atoms with Crippen molar-refractivity contribution in [1.29, 1.82) is 0 Å². The van der Waals surface area contributed by atoms with Crippen LogP contribution in [0.15, 0.2) is 24.4 Å². The Morgan fingerprint density at radius 2 is 2.11 bits per heavy atom. The van der Waals surface area contributed by atoms with E-state index in [-0.39, 0.29) is 0 Å². The summed E-state index contributed by atoms with van der Waals surface area (Å²) >= 11 is 0. The predicted molar refractivity (Wildman–Crippen MR) is 77.3 cm³/mol. The Bertz CT molecular complexity index is 553. The van der Waals surface area contributed by atoms with Crippen molar-refractivity contribution in [2.45, 2.75) is 26.8 Å². The summed E-state index contributed by atoms with van der Waals surface area (Å²) in [7, 11) is 1.81. The lowest BCUT2D eigenvalue weighted by Crippen LogP contribution is -2.08. The number of hydrogen-bond donors (Lipinski definition) is 2. The van der Waals surface area contributed by atoms with E-state index >= 15 is 0 Å². The van der Waals surface area contributed by atoms with E-state index in [2.05, 4.69) is 38.6 Å². The summed E-state index contributed by atoms with van der Waals surface area (Å²) in [5.41, 5.74) is 3.25. The summed E-state index contributed by atoms with van der Waals surface area (Å²) in [4.78, 5) is 13.0. The minimum Gasteiger partial charge on any atom is -0.364 e. The molecular weight excluding hydrogens is 238 g/mol. The largest absolute Gasteiger partial charge is 0.364 e. The van der Waals surface area contributed by atoms with Gasteiger partial charge >= 0.3 is 0 Å². The van der Waals surface area contributed by atoms with Crippen molar-refractivity contribution in [2.75, 3.05) is 17.7 Å². The summed E-state index contributed by atoms with van der Waals surface area (Å²) in [6.07, 6.45) is 2.80. The first kappa shape index (κ1) is 13.3. The molecule has 5 heteroatoms. The fourth-order valence-corrected chi connectivity index (χ4v) is 1.90. The first-order valence-electron chi connectivity index (χ1n) is 6.43. The average molecular weight is 257 g/mol. The van der Waals surface area contributed by atoms with Gasteiger partial charge in [-0.2, -0.15) is 4.98 Å². The molecule has 0 atom stereocenters. The molecule has 0 spiro atoms. The number of pyridine rings is 1. The highest BCUT2D eigenvalue weighted by molar-refractivity contribution is 5.42. The third-order valence-corrected chi connectivity index (χ3v) is 2.88. The lowest BCUT2D eigenvalue weighted by atomic mass is 10.1. The molecule has 0 saturated heterocycles. The number of anilines is 2. The van der Waals surface area contributed by atoms with Crippen LogP contribution in [0.2, 0.25) is 0 Å². The maximum absolute atomic E-state index is 4.41. The Kier molecular flexibility index (Phi) is 4.28. The number of hydrogen-bond acceptors (Lipinski definition) is 5. The molecular formula is C14H19N5. The van der Waals surface area contributed by atoms with Crippen LogP contribution in [0.25, 0.3) is 0 Å². The van der Waals surface area contributed by atoms with Crippen molar-refractivity contribution >= 4 is 11.8 Å². The third-order valence-electron chi connectivity index (χ3n) is 2.88. The fourth-order valence-electron chi connectivity index (χ4n) is 1.90. The van der Waals surface area contributed by atoms with Crippen LogP contribution in [0, 0.1) is 6.92 Å². The van der Waals surface area contributed by atoms with Crippen LogP contribution in [-0.2, 0) is 13.0 Å². The highest BCUT2D eigenvalue weighted by Crippen LogP contribution is 2.12. The van der Waals surface area contributed by atoms with E-state index in [9.17, 15) is 0 Å². The molecule has 0 aromatic carbocycles. The summed E-state index contributed by atoms with van der Waals surface area (Å²) in [5, 5.41) is 6.25. The molecule has 0 aliphatic heterocycles. The monoisotopic (exact) mass is 257 g/mol. The number of nitrogens with one attached hydrogen (secondary N) is 2. The number of rotatable bonds is 5. The van der Waals surface area contributed by atoms with Gasteiger partial charge in [-0.1, -0.05) is 13.0 Å². The molecule has 0 saturated carbocycles. The highest BCUT2D eigenvalue weighted by Gasteiger charge is 2.04. The van der Waals surface area contributed by atoms with Gasteiger partial charge in [0.2, 0.25) is 5.95 Å². The molecule has 5 nitrogen and oxygen atoms in total. The summed E-state index contributed by atoms with van der Waals surface area (Å²) in [6, 6.07) is 6.00. The summed E-state index contributed by atoms with van der Waals surface area (Å²) < 4.78 is 0. The topological polar surface area (TPSA) is 62.7 Å². The van der Waals surface area contributed by atoms with Crippen molar-refractivity contribution < 1.29 is 0 Å². The molecule has 0 aliphatic rings. The summed E-state index contributed by atoms with van der Waals surface area (Å²) in [5.74, 6) is 1.43. The number of aromatic nitrogens is 3. The van der Waals surface area contributed by atoms with Gasteiger partial charge in [-0.05, 0) is 25.0 Å². The molecule has 19 heavy (non-hydrogen) atoms.